The topological polar surface area (TPSA) is 35.2 Å². The summed E-state index contributed by atoms with van der Waals surface area (Å²) in [5.41, 5.74) is 5.82. The molecular formula is C6H14ClNO. The van der Waals surface area contributed by atoms with Crippen LogP contribution in [0.25, 0.3) is 0 Å². The van der Waals surface area contributed by atoms with Gasteiger partial charge in [-0.1, -0.05) is 13.8 Å². The Bertz CT molecular complexity index is 91.1. The lowest BCUT2D eigenvalue weighted by Gasteiger charge is -2.41. The summed E-state index contributed by atoms with van der Waals surface area (Å²) in [4.78, 5) is 0. The van der Waals surface area contributed by atoms with E-state index in [9.17, 15) is 0 Å². The Morgan fingerprint density at radius 2 is 1.89 bits per heavy atom. The molecule has 0 aliphatic carbocycles. The van der Waals surface area contributed by atoms with Gasteiger partial charge in [-0.05, 0) is 5.92 Å². The van der Waals surface area contributed by atoms with Crippen LogP contribution in [0.4, 0.5) is 0 Å². The number of nitrogens with two attached hydrogens (primary N) is 1. The summed E-state index contributed by atoms with van der Waals surface area (Å²) in [5.74, 6) is 0.552. The molecule has 1 heterocycles. The van der Waals surface area contributed by atoms with E-state index in [1.54, 1.807) is 0 Å². The highest BCUT2D eigenvalue weighted by atomic mass is 35.5. The molecule has 0 unspecified atom stereocenters. The fraction of sp³-hybridized carbons (Fsp3) is 1.00. The molecule has 0 radical (unpaired) electrons. The SMILES string of the molecule is CC(C)C1(N)COC1.Cl. The summed E-state index contributed by atoms with van der Waals surface area (Å²) in [6.07, 6.45) is 0. The number of rotatable bonds is 1. The molecule has 1 saturated heterocycles. The molecule has 3 heteroatoms. The number of ether oxygens (including phenoxy) is 1. The summed E-state index contributed by atoms with van der Waals surface area (Å²) < 4.78 is 4.97. The predicted molar refractivity (Wildman–Crippen MR) is 39.8 cm³/mol. The smallest absolute Gasteiger partial charge is 0.0672 e. The molecule has 1 aliphatic heterocycles. The largest absolute Gasteiger partial charge is 0.377 e. The number of halogens is 1. The Morgan fingerprint density at radius 1 is 1.44 bits per heavy atom. The Kier molecular flexibility index (Phi) is 2.93. The molecule has 1 aliphatic rings. The van der Waals surface area contributed by atoms with Gasteiger partial charge in [0.1, 0.15) is 0 Å². The first-order valence-electron chi connectivity index (χ1n) is 3.02. The van der Waals surface area contributed by atoms with Crippen molar-refractivity contribution in [2.45, 2.75) is 19.4 Å². The summed E-state index contributed by atoms with van der Waals surface area (Å²) >= 11 is 0. The molecule has 0 aromatic carbocycles. The first kappa shape index (κ1) is 9.21. The van der Waals surface area contributed by atoms with E-state index >= 15 is 0 Å². The van der Waals surface area contributed by atoms with E-state index < -0.39 is 0 Å². The van der Waals surface area contributed by atoms with Crippen molar-refractivity contribution in [1.82, 2.24) is 0 Å². The van der Waals surface area contributed by atoms with Crippen LogP contribution in [-0.2, 0) is 4.74 Å². The van der Waals surface area contributed by atoms with Crippen LogP contribution in [0.3, 0.4) is 0 Å². The van der Waals surface area contributed by atoms with Gasteiger partial charge in [0.25, 0.3) is 0 Å². The lowest BCUT2D eigenvalue weighted by Crippen LogP contribution is -2.60. The number of hydrogen-bond donors (Lipinski definition) is 1. The van der Waals surface area contributed by atoms with E-state index in [2.05, 4.69) is 13.8 Å². The summed E-state index contributed by atoms with van der Waals surface area (Å²) in [6.45, 7) is 5.74. The lowest BCUT2D eigenvalue weighted by molar-refractivity contribution is -0.0759. The third kappa shape index (κ3) is 1.57. The molecule has 0 saturated carbocycles. The zero-order chi connectivity index (χ0) is 6.20. The first-order valence-corrected chi connectivity index (χ1v) is 3.02. The van der Waals surface area contributed by atoms with Crippen LogP contribution in [0.1, 0.15) is 13.8 Å². The third-order valence-corrected chi connectivity index (χ3v) is 1.89. The van der Waals surface area contributed by atoms with Gasteiger partial charge in [-0.3, -0.25) is 0 Å². The van der Waals surface area contributed by atoms with Crippen molar-refractivity contribution in [3.63, 3.8) is 0 Å². The maximum atomic E-state index is 5.82. The molecule has 0 aromatic heterocycles. The van der Waals surface area contributed by atoms with E-state index in [-0.39, 0.29) is 17.9 Å². The van der Waals surface area contributed by atoms with Crippen LogP contribution in [0.2, 0.25) is 0 Å². The van der Waals surface area contributed by atoms with Gasteiger partial charge in [-0.15, -0.1) is 12.4 Å². The molecule has 1 rings (SSSR count). The van der Waals surface area contributed by atoms with Crippen molar-refractivity contribution in [3.8, 4) is 0 Å². The highest BCUT2D eigenvalue weighted by molar-refractivity contribution is 5.85. The monoisotopic (exact) mass is 151 g/mol. The minimum absolute atomic E-state index is 0. The van der Waals surface area contributed by atoms with Crippen LogP contribution in [-0.4, -0.2) is 18.8 Å². The molecule has 2 nitrogen and oxygen atoms in total. The van der Waals surface area contributed by atoms with Crippen LogP contribution < -0.4 is 5.73 Å². The summed E-state index contributed by atoms with van der Waals surface area (Å²) in [5, 5.41) is 0. The van der Waals surface area contributed by atoms with Crippen LogP contribution in [0, 0.1) is 5.92 Å². The van der Waals surface area contributed by atoms with E-state index in [4.69, 9.17) is 10.5 Å². The Labute approximate surface area is 62.2 Å². The van der Waals surface area contributed by atoms with Crippen molar-refractivity contribution in [2.24, 2.45) is 11.7 Å². The zero-order valence-electron chi connectivity index (χ0n) is 5.89. The molecule has 0 bridgehead atoms. The second-order valence-electron chi connectivity index (χ2n) is 2.88. The zero-order valence-corrected chi connectivity index (χ0v) is 6.70. The number of hydrogen-bond acceptors (Lipinski definition) is 2. The highest BCUT2D eigenvalue weighted by Gasteiger charge is 2.36. The molecule has 2 N–H and O–H groups in total. The maximum absolute atomic E-state index is 5.82. The molecule has 9 heavy (non-hydrogen) atoms. The second kappa shape index (κ2) is 2.86. The second-order valence-corrected chi connectivity index (χ2v) is 2.88. The van der Waals surface area contributed by atoms with Crippen molar-refractivity contribution in [2.75, 3.05) is 13.2 Å². The average Bonchev–Trinajstić information content (AvgIpc) is 1.60. The summed E-state index contributed by atoms with van der Waals surface area (Å²) in [7, 11) is 0. The van der Waals surface area contributed by atoms with Crippen LogP contribution >= 0.6 is 12.4 Å². The van der Waals surface area contributed by atoms with Gasteiger partial charge in [0.15, 0.2) is 0 Å². The predicted octanol–water partition coefficient (Wildman–Crippen LogP) is 0.792. The van der Waals surface area contributed by atoms with Crippen molar-refractivity contribution in [1.29, 1.82) is 0 Å². The Hall–Kier alpha value is 0.210. The van der Waals surface area contributed by atoms with Crippen LogP contribution in [0.5, 0.6) is 0 Å². The summed E-state index contributed by atoms with van der Waals surface area (Å²) in [6, 6.07) is 0. The van der Waals surface area contributed by atoms with E-state index in [1.165, 1.54) is 0 Å². The standard InChI is InChI=1S/C6H13NO.ClH/c1-5(2)6(7)3-8-4-6;/h5H,3-4,7H2,1-2H3;1H. The molecule has 0 spiro atoms. The maximum Gasteiger partial charge on any atom is 0.0672 e. The Morgan fingerprint density at radius 3 is 1.89 bits per heavy atom. The van der Waals surface area contributed by atoms with Gasteiger partial charge in [0.2, 0.25) is 0 Å². The fourth-order valence-electron chi connectivity index (χ4n) is 0.671. The van der Waals surface area contributed by atoms with Gasteiger partial charge in [0, 0.05) is 0 Å². The lowest BCUT2D eigenvalue weighted by atomic mass is 9.86. The van der Waals surface area contributed by atoms with E-state index in [0.717, 1.165) is 13.2 Å². The van der Waals surface area contributed by atoms with Gasteiger partial charge < -0.3 is 10.5 Å². The molecule has 0 atom stereocenters. The van der Waals surface area contributed by atoms with E-state index in [1.807, 2.05) is 0 Å². The van der Waals surface area contributed by atoms with Gasteiger partial charge in [-0.2, -0.15) is 0 Å². The molecular weight excluding hydrogens is 138 g/mol. The minimum Gasteiger partial charge on any atom is -0.377 e. The first-order chi connectivity index (χ1) is 3.65. The van der Waals surface area contributed by atoms with E-state index in [0.29, 0.717) is 5.92 Å². The van der Waals surface area contributed by atoms with Gasteiger partial charge in [-0.25, -0.2) is 0 Å². The third-order valence-electron chi connectivity index (χ3n) is 1.89. The molecule has 0 amide bonds. The van der Waals surface area contributed by atoms with Crippen molar-refractivity contribution >= 4 is 12.4 Å². The van der Waals surface area contributed by atoms with Gasteiger partial charge in [0.05, 0.1) is 18.8 Å². The average molecular weight is 152 g/mol. The minimum atomic E-state index is 0. The van der Waals surface area contributed by atoms with Crippen molar-refractivity contribution in [3.05, 3.63) is 0 Å². The fourth-order valence-corrected chi connectivity index (χ4v) is 0.671. The van der Waals surface area contributed by atoms with Gasteiger partial charge >= 0.3 is 0 Å². The molecule has 0 aromatic rings. The molecule has 1 fully saturated rings. The van der Waals surface area contributed by atoms with Crippen molar-refractivity contribution < 1.29 is 4.74 Å². The Balaban J connectivity index is 0.000000640. The normalized spacial score (nSPS) is 22.7. The quantitative estimate of drug-likeness (QED) is 0.602. The van der Waals surface area contributed by atoms with Crippen LogP contribution in [0.15, 0.2) is 0 Å². The highest BCUT2D eigenvalue weighted by Crippen LogP contribution is 2.21. The molecule has 56 valence electrons.